The lowest BCUT2D eigenvalue weighted by Crippen LogP contribution is -2.27. The van der Waals surface area contributed by atoms with Crippen molar-refractivity contribution in [2.45, 2.75) is 20.4 Å². The first-order valence-electron chi connectivity index (χ1n) is 8.66. The number of amides is 1. The second-order valence-electron chi connectivity index (χ2n) is 6.49. The number of nitrogens with one attached hydrogen (secondary N) is 1. The molecule has 1 N–H and O–H groups in total. The van der Waals surface area contributed by atoms with E-state index in [1.54, 1.807) is 31.4 Å². The molecule has 0 fully saturated rings. The summed E-state index contributed by atoms with van der Waals surface area (Å²) in [4.78, 5) is 35.0. The van der Waals surface area contributed by atoms with Gasteiger partial charge >= 0.3 is 0 Å². The van der Waals surface area contributed by atoms with Crippen molar-refractivity contribution in [3.8, 4) is 5.75 Å². The Bertz CT molecular complexity index is 1260. The second kappa shape index (κ2) is 7.05. The van der Waals surface area contributed by atoms with E-state index in [-0.39, 0.29) is 18.0 Å². The van der Waals surface area contributed by atoms with Crippen LogP contribution in [0.2, 0.25) is 0 Å². The van der Waals surface area contributed by atoms with Crippen LogP contribution in [-0.2, 0) is 11.3 Å². The standard InChI is InChI=1S/C20H18N4O3S/c1-11-8-12(2)22-19-16(11)17-18(28-19)20(26)24(10-21-17)9-15(25)23-13-4-6-14(27-3)7-5-13/h4-8,10H,9H2,1-3H3,(H,23,25). The van der Waals surface area contributed by atoms with Crippen LogP contribution in [0.3, 0.4) is 0 Å². The van der Waals surface area contributed by atoms with E-state index in [9.17, 15) is 9.59 Å². The van der Waals surface area contributed by atoms with Gasteiger partial charge in [-0.05, 0) is 49.7 Å². The van der Waals surface area contributed by atoms with Crippen molar-refractivity contribution >= 4 is 43.4 Å². The normalized spacial score (nSPS) is 11.1. The number of methoxy groups -OCH3 is 1. The fraction of sp³-hybridized carbons (Fsp3) is 0.200. The number of anilines is 1. The Morgan fingerprint density at radius 3 is 2.71 bits per heavy atom. The summed E-state index contributed by atoms with van der Waals surface area (Å²) < 4.78 is 6.93. The van der Waals surface area contributed by atoms with Crippen molar-refractivity contribution in [1.82, 2.24) is 14.5 Å². The summed E-state index contributed by atoms with van der Waals surface area (Å²) in [5.41, 5.74) is 2.97. The van der Waals surface area contributed by atoms with Gasteiger partial charge in [-0.2, -0.15) is 0 Å². The lowest BCUT2D eigenvalue weighted by molar-refractivity contribution is -0.116. The number of hydrogen-bond acceptors (Lipinski definition) is 6. The molecule has 142 valence electrons. The van der Waals surface area contributed by atoms with Crippen molar-refractivity contribution in [3.05, 3.63) is 58.3 Å². The molecular weight excluding hydrogens is 376 g/mol. The molecule has 0 radical (unpaired) electrons. The van der Waals surface area contributed by atoms with E-state index in [1.165, 1.54) is 22.2 Å². The lowest BCUT2D eigenvalue weighted by Gasteiger charge is -2.08. The van der Waals surface area contributed by atoms with E-state index in [0.29, 0.717) is 21.7 Å². The number of carbonyl (C=O) groups is 1. The molecule has 8 heteroatoms. The van der Waals surface area contributed by atoms with Gasteiger partial charge in [0.15, 0.2) is 0 Å². The molecule has 0 unspecified atom stereocenters. The van der Waals surface area contributed by atoms with Crippen LogP contribution in [0.4, 0.5) is 5.69 Å². The Morgan fingerprint density at radius 2 is 2.00 bits per heavy atom. The number of aromatic nitrogens is 3. The SMILES string of the molecule is COc1ccc(NC(=O)Cn2cnc3c(sc4nc(C)cc(C)c43)c2=O)cc1. The van der Waals surface area contributed by atoms with Gasteiger partial charge in [-0.25, -0.2) is 9.97 Å². The molecule has 0 aliphatic heterocycles. The Balaban J connectivity index is 1.64. The minimum Gasteiger partial charge on any atom is -0.497 e. The summed E-state index contributed by atoms with van der Waals surface area (Å²) in [6.45, 7) is 3.79. The number of nitrogens with zero attached hydrogens (tertiary/aromatic N) is 3. The third kappa shape index (κ3) is 3.22. The number of benzene rings is 1. The van der Waals surface area contributed by atoms with Gasteiger partial charge in [-0.15, -0.1) is 11.3 Å². The Kier molecular flexibility index (Phi) is 4.56. The van der Waals surface area contributed by atoms with E-state index in [4.69, 9.17) is 4.74 Å². The zero-order valence-corrected chi connectivity index (χ0v) is 16.5. The smallest absolute Gasteiger partial charge is 0.271 e. The van der Waals surface area contributed by atoms with Crippen molar-refractivity contribution in [1.29, 1.82) is 0 Å². The first-order valence-corrected chi connectivity index (χ1v) is 9.47. The minimum absolute atomic E-state index is 0.118. The number of pyridine rings is 1. The highest BCUT2D eigenvalue weighted by molar-refractivity contribution is 7.25. The fourth-order valence-electron chi connectivity index (χ4n) is 3.14. The van der Waals surface area contributed by atoms with E-state index in [2.05, 4.69) is 15.3 Å². The maximum absolute atomic E-state index is 12.9. The first-order chi connectivity index (χ1) is 13.5. The van der Waals surface area contributed by atoms with Gasteiger partial charge in [-0.3, -0.25) is 14.2 Å². The van der Waals surface area contributed by atoms with Gasteiger partial charge in [0.1, 0.15) is 21.8 Å². The molecule has 0 atom stereocenters. The van der Waals surface area contributed by atoms with Gasteiger partial charge in [0.25, 0.3) is 5.56 Å². The summed E-state index contributed by atoms with van der Waals surface area (Å²) in [7, 11) is 1.58. The topological polar surface area (TPSA) is 86.1 Å². The molecule has 28 heavy (non-hydrogen) atoms. The molecule has 3 aromatic heterocycles. The molecule has 3 heterocycles. The van der Waals surface area contributed by atoms with Crippen molar-refractivity contribution in [2.75, 3.05) is 12.4 Å². The van der Waals surface area contributed by atoms with Crippen molar-refractivity contribution in [3.63, 3.8) is 0 Å². The van der Waals surface area contributed by atoms with E-state index < -0.39 is 0 Å². The van der Waals surface area contributed by atoms with Crippen molar-refractivity contribution < 1.29 is 9.53 Å². The van der Waals surface area contributed by atoms with Crippen LogP contribution in [0, 0.1) is 13.8 Å². The predicted molar refractivity (Wildman–Crippen MR) is 110 cm³/mol. The quantitative estimate of drug-likeness (QED) is 0.574. The highest BCUT2D eigenvalue weighted by Crippen LogP contribution is 2.31. The summed E-state index contributed by atoms with van der Waals surface area (Å²) in [6, 6.07) is 8.96. The number of aryl methyl sites for hydroxylation is 2. The third-order valence-electron chi connectivity index (χ3n) is 4.43. The van der Waals surface area contributed by atoms with Crippen LogP contribution in [0.15, 0.2) is 41.5 Å². The zero-order chi connectivity index (χ0) is 19.8. The summed E-state index contributed by atoms with van der Waals surface area (Å²) in [6.07, 6.45) is 1.42. The molecule has 0 saturated carbocycles. The van der Waals surface area contributed by atoms with E-state index in [1.807, 2.05) is 19.9 Å². The highest BCUT2D eigenvalue weighted by atomic mass is 32.1. The van der Waals surface area contributed by atoms with Crippen LogP contribution in [0.25, 0.3) is 20.4 Å². The van der Waals surface area contributed by atoms with Gasteiger partial charge in [0, 0.05) is 16.8 Å². The van der Waals surface area contributed by atoms with Crippen LogP contribution in [-0.4, -0.2) is 27.6 Å². The van der Waals surface area contributed by atoms with E-state index >= 15 is 0 Å². The van der Waals surface area contributed by atoms with Crippen molar-refractivity contribution in [2.24, 2.45) is 0 Å². The number of thiophene rings is 1. The molecule has 4 rings (SSSR count). The van der Waals surface area contributed by atoms with Crippen LogP contribution >= 0.6 is 11.3 Å². The largest absolute Gasteiger partial charge is 0.497 e. The molecule has 0 aliphatic carbocycles. The van der Waals surface area contributed by atoms with Gasteiger partial charge in [-0.1, -0.05) is 0 Å². The molecule has 0 spiro atoms. The lowest BCUT2D eigenvalue weighted by atomic mass is 10.1. The first kappa shape index (κ1) is 18.1. The number of hydrogen-bond donors (Lipinski definition) is 1. The maximum atomic E-state index is 12.9. The molecule has 1 aromatic carbocycles. The number of carbonyl (C=O) groups excluding carboxylic acids is 1. The maximum Gasteiger partial charge on any atom is 0.271 e. The van der Waals surface area contributed by atoms with Gasteiger partial charge < -0.3 is 10.1 Å². The summed E-state index contributed by atoms with van der Waals surface area (Å²) in [5, 5.41) is 3.67. The van der Waals surface area contributed by atoms with Gasteiger partial charge in [0.2, 0.25) is 5.91 Å². The monoisotopic (exact) mass is 394 g/mol. The Hall–Kier alpha value is -3.26. The molecular formula is C20H18N4O3S. The minimum atomic E-state index is -0.306. The van der Waals surface area contributed by atoms with Crippen LogP contribution in [0.1, 0.15) is 11.3 Å². The summed E-state index contributed by atoms with van der Waals surface area (Å²) in [5.74, 6) is 0.396. The Morgan fingerprint density at radius 1 is 1.25 bits per heavy atom. The van der Waals surface area contributed by atoms with E-state index in [0.717, 1.165) is 21.5 Å². The molecule has 0 saturated heterocycles. The molecule has 0 bridgehead atoms. The average molecular weight is 394 g/mol. The number of rotatable bonds is 4. The fourth-order valence-corrected chi connectivity index (χ4v) is 4.34. The predicted octanol–water partition coefficient (Wildman–Crippen LogP) is 3.27. The number of fused-ring (bicyclic) bond motifs is 3. The average Bonchev–Trinajstić information content (AvgIpc) is 3.04. The molecule has 1 amide bonds. The number of ether oxygens (including phenoxy) is 1. The molecule has 4 aromatic rings. The van der Waals surface area contributed by atoms with Gasteiger partial charge in [0.05, 0.1) is 19.0 Å². The second-order valence-corrected chi connectivity index (χ2v) is 7.49. The molecule has 0 aliphatic rings. The third-order valence-corrected chi connectivity index (χ3v) is 5.49. The zero-order valence-electron chi connectivity index (χ0n) is 15.6. The van der Waals surface area contributed by atoms with Crippen LogP contribution in [0.5, 0.6) is 5.75 Å². The Labute approximate surface area is 164 Å². The van der Waals surface area contributed by atoms with Crippen LogP contribution < -0.4 is 15.6 Å². The molecule has 7 nitrogen and oxygen atoms in total. The summed E-state index contributed by atoms with van der Waals surface area (Å²) >= 11 is 1.31. The highest BCUT2D eigenvalue weighted by Gasteiger charge is 2.16.